The molecule has 0 spiro atoms. The number of nitrogens with one attached hydrogen (secondary N) is 2. The number of hydrogen-bond acceptors (Lipinski definition) is 4. The molecule has 0 saturated heterocycles. The lowest BCUT2D eigenvalue weighted by Crippen LogP contribution is -2.27. The molecule has 1 aliphatic heterocycles. The molecule has 162 valence electrons. The van der Waals surface area contributed by atoms with Gasteiger partial charge in [-0.05, 0) is 60.7 Å². The molecule has 2 atom stereocenters. The van der Waals surface area contributed by atoms with Crippen molar-refractivity contribution in [2.45, 2.75) is 31.7 Å². The minimum absolute atomic E-state index is 0.0446. The second-order valence-corrected chi connectivity index (χ2v) is 8.60. The van der Waals surface area contributed by atoms with E-state index in [1.165, 1.54) is 0 Å². The second kappa shape index (κ2) is 8.71. The number of fused-ring (bicyclic) bond motifs is 1. The number of hydrogen-bond donors (Lipinski definition) is 2. The Labute approximate surface area is 193 Å². The van der Waals surface area contributed by atoms with Gasteiger partial charge in [-0.25, -0.2) is 0 Å². The van der Waals surface area contributed by atoms with Crippen molar-refractivity contribution in [3.8, 4) is 5.75 Å². The molecule has 1 aliphatic carbocycles. The largest absolute Gasteiger partial charge is 0.494 e. The minimum Gasteiger partial charge on any atom is -0.494 e. The van der Waals surface area contributed by atoms with Gasteiger partial charge in [0.2, 0.25) is 0 Å². The third kappa shape index (κ3) is 3.87. The molecule has 0 aromatic heterocycles. The van der Waals surface area contributed by atoms with Crippen molar-refractivity contribution in [1.82, 2.24) is 0 Å². The molecule has 5 rings (SSSR count). The Hall–Kier alpha value is -3.24. The van der Waals surface area contributed by atoms with Crippen LogP contribution in [0, 0.1) is 0 Å². The maximum absolute atomic E-state index is 13.6. The summed E-state index contributed by atoms with van der Waals surface area (Å²) in [6.07, 6.45) is 1.16. The molecule has 32 heavy (non-hydrogen) atoms. The first-order valence-electron chi connectivity index (χ1n) is 11.0. The van der Waals surface area contributed by atoms with E-state index < -0.39 is 0 Å². The van der Waals surface area contributed by atoms with E-state index in [0.717, 1.165) is 45.9 Å². The third-order valence-corrected chi connectivity index (χ3v) is 6.50. The highest BCUT2D eigenvalue weighted by Crippen LogP contribution is 2.45. The molecule has 2 unspecified atom stereocenters. The van der Waals surface area contributed by atoms with Crippen molar-refractivity contribution in [3.63, 3.8) is 0 Å². The molecule has 0 bridgehead atoms. The van der Waals surface area contributed by atoms with E-state index >= 15 is 0 Å². The number of Topliss-reactive ketones (excluding diaryl/α,β-unsaturated/α-hetero) is 1. The first-order chi connectivity index (χ1) is 15.6. The molecular weight excluding hydrogens is 420 g/mol. The quantitative estimate of drug-likeness (QED) is 0.469. The van der Waals surface area contributed by atoms with Gasteiger partial charge in [-0.2, -0.15) is 0 Å². The number of anilines is 2. The fourth-order valence-electron chi connectivity index (χ4n) is 4.72. The Morgan fingerprint density at radius 1 is 0.969 bits per heavy atom. The van der Waals surface area contributed by atoms with Crippen molar-refractivity contribution >= 4 is 28.8 Å². The lowest BCUT2D eigenvalue weighted by atomic mass is 9.78. The summed E-state index contributed by atoms with van der Waals surface area (Å²) in [6, 6.07) is 23.6. The lowest BCUT2D eigenvalue weighted by Gasteiger charge is -2.30. The summed E-state index contributed by atoms with van der Waals surface area (Å²) < 4.78 is 5.73. The number of allylic oxidation sites excluding steroid dienone is 1. The fourth-order valence-corrected chi connectivity index (χ4v) is 5.01. The highest BCUT2D eigenvalue weighted by atomic mass is 35.5. The summed E-state index contributed by atoms with van der Waals surface area (Å²) in [7, 11) is 0. The van der Waals surface area contributed by atoms with Crippen molar-refractivity contribution < 1.29 is 9.53 Å². The standard InChI is InChI=1S/C27H25ClN2O2/c1-2-32-19-9-7-8-17(14-19)27-26-24(29-22-12-5-6-13-23(22)30-27)15-18(16-25(26)31)20-10-3-4-11-21(20)28/h3-14,18,27,29-30H,2,15-16H2,1H3. The zero-order valence-corrected chi connectivity index (χ0v) is 18.7. The average Bonchev–Trinajstić information content (AvgIpc) is 2.97. The summed E-state index contributed by atoms with van der Waals surface area (Å²) in [5.41, 5.74) is 5.71. The molecule has 3 aromatic rings. The van der Waals surface area contributed by atoms with Crippen molar-refractivity contribution in [3.05, 3.63) is 100 Å². The van der Waals surface area contributed by atoms with E-state index in [-0.39, 0.29) is 17.7 Å². The van der Waals surface area contributed by atoms with Gasteiger partial charge in [0.25, 0.3) is 0 Å². The van der Waals surface area contributed by atoms with Crippen molar-refractivity contribution in [2.75, 3.05) is 17.2 Å². The smallest absolute Gasteiger partial charge is 0.163 e. The van der Waals surface area contributed by atoms with E-state index in [9.17, 15) is 4.79 Å². The van der Waals surface area contributed by atoms with Crippen LogP contribution in [-0.2, 0) is 4.79 Å². The Morgan fingerprint density at radius 2 is 1.75 bits per heavy atom. The second-order valence-electron chi connectivity index (χ2n) is 8.20. The van der Waals surface area contributed by atoms with Crippen LogP contribution < -0.4 is 15.4 Å². The zero-order valence-electron chi connectivity index (χ0n) is 17.9. The zero-order chi connectivity index (χ0) is 22.1. The predicted octanol–water partition coefficient (Wildman–Crippen LogP) is 6.72. The van der Waals surface area contributed by atoms with E-state index in [4.69, 9.17) is 16.3 Å². The summed E-state index contributed by atoms with van der Waals surface area (Å²) >= 11 is 6.49. The summed E-state index contributed by atoms with van der Waals surface area (Å²) in [6.45, 7) is 2.56. The van der Waals surface area contributed by atoms with Crippen LogP contribution in [0.4, 0.5) is 11.4 Å². The molecule has 5 heteroatoms. The minimum atomic E-state index is -0.263. The molecular formula is C27H25ClN2O2. The third-order valence-electron chi connectivity index (χ3n) is 6.16. The van der Waals surface area contributed by atoms with Gasteiger partial charge in [0.05, 0.1) is 24.0 Å². The molecule has 0 radical (unpaired) electrons. The van der Waals surface area contributed by atoms with Gasteiger partial charge in [-0.3, -0.25) is 4.79 Å². The Balaban J connectivity index is 1.61. The Kier molecular flexibility index (Phi) is 5.62. The summed E-state index contributed by atoms with van der Waals surface area (Å²) in [5, 5.41) is 7.90. The highest BCUT2D eigenvalue weighted by molar-refractivity contribution is 6.31. The van der Waals surface area contributed by atoms with Crippen LogP contribution in [0.5, 0.6) is 5.75 Å². The molecule has 4 nitrogen and oxygen atoms in total. The topological polar surface area (TPSA) is 50.4 Å². The number of halogens is 1. The number of rotatable bonds is 4. The first kappa shape index (κ1) is 20.7. The van der Waals surface area contributed by atoms with Crippen molar-refractivity contribution in [1.29, 1.82) is 0 Å². The number of ketones is 1. The van der Waals surface area contributed by atoms with Crippen LogP contribution in [0.2, 0.25) is 5.02 Å². The van der Waals surface area contributed by atoms with Crippen LogP contribution in [0.15, 0.2) is 84.1 Å². The average molecular weight is 445 g/mol. The maximum Gasteiger partial charge on any atom is 0.163 e. The first-order valence-corrected chi connectivity index (χ1v) is 11.4. The Bertz CT molecular complexity index is 1200. The Morgan fingerprint density at radius 3 is 2.56 bits per heavy atom. The van der Waals surface area contributed by atoms with E-state index in [2.05, 4.69) is 10.6 Å². The van der Waals surface area contributed by atoms with Crippen LogP contribution in [-0.4, -0.2) is 12.4 Å². The molecule has 0 amide bonds. The van der Waals surface area contributed by atoms with Gasteiger partial charge in [0, 0.05) is 22.7 Å². The van der Waals surface area contributed by atoms with Gasteiger partial charge >= 0.3 is 0 Å². The van der Waals surface area contributed by atoms with Crippen LogP contribution in [0.25, 0.3) is 0 Å². The molecule has 2 aliphatic rings. The molecule has 3 aromatic carbocycles. The predicted molar refractivity (Wildman–Crippen MR) is 129 cm³/mol. The highest BCUT2D eigenvalue weighted by Gasteiger charge is 2.36. The van der Waals surface area contributed by atoms with Gasteiger partial charge in [0.1, 0.15) is 5.75 Å². The number of ether oxygens (including phenoxy) is 1. The van der Waals surface area contributed by atoms with Crippen molar-refractivity contribution in [2.24, 2.45) is 0 Å². The van der Waals surface area contributed by atoms with Crippen LogP contribution >= 0.6 is 11.6 Å². The monoisotopic (exact) mass is 444 g/mol. The van der Waals surface area contributed by atoms with E-state index in [1.54, 1.807) is 0 Å². The summed E-state index contributed by atoms with van der Waals surface area (Å²) in [5.74, 6) is 0.982. The maximum atomic E-state index is 13.6. The number of carbonyl (C=O) groups excluding carboxylic acids is 1. The summed E-state index contributed by atoms with van der Waals surface area (Å²) in [4.78, 5) is 13.6. The van der Waals surface area contributed by atoms with Gasteiger partial charge < -0.3 is 15.4 Å². The number of carbonyl (C=O) groups is 1. The van der Waals surface area contributed by atoms with Gasteiger partial charge in [-0.15, -0.1) is 0 Å². The fraction of sp³-hybridized carbons (Fsp3) is 0.222. The van der Waals surface area contributed by atoms with E-state index in [1.807, 2.05) is 79.7 Å². The normalized spacial score (nSPS) is 19.9. The van der Waals surface area contributed by atoms with E-state index in [0.29, 0.717) is 18.1 Å². The van der Waals surface area contributed by atoms with Gasteiger partial charge in [0.15, 0.2) is 5.78 Å². The number of para-hydroxylation sites is 2. The molecule has 1 heterocycles. The lowest BCUT2D eigenvalue weighted by molar-refractivity contribution is -0.116. The molecule has 0 saturated carbocycles. The van der Waals surface area contributed by atoms with Crippen LogP contribution in [0.3, 0.4) is 0 Å². The van der Waals surface area contributed by atoms with Crippen LogP contribution in [0.1, 0.15) is 42.9 Å². The van der Waals surface area contributed by atoms with Gasteiger partial charge in [-0.1, -0.05) is 54.1 Å². The number of benzene rings is 3. The SMILES string of the molecule is CCOc1cccc(C2Nc3ccccc3NC3=C2C(=O)CC(c2ccccc2Cl)C3)c1. The molecule has 2 N–H and O–H groups in total. The molecule has 0 fully saturated rings.